The molecule has 2 aromatic rings. The van der Waals surface area contributed by atoms with Gasteiger partial charge in [-0.05, 0) is 42.7 Å². The van der Waals surface area contributed by atoms with Crippen LogP contribution in [0.3, 0.4) is 0 Å². The first-order valence-electron chi connectivity index (χ1n) is 10.6. The number of rotatable bonds is 8. The van der Waals surface area contributed by atoms with E-state index in [2.05, 4.69) is 10.6 Å². The summed E-state index contributed by atoms with van der Waals surface area (Å²) in [5, 5.41) is 6.10. The van der Waals surface area contributed by atoms with E-state index in [1.54, 1.807) is 24.3 Å². The van der Waals surface area contributed by atoms with Crippen LogP contribution in [0.25, 0.3) is 0 Å². The van der Waals surface area contributed by atoms with Crippen molar-refractivity contribution in [2.45, 2.75) is 38.8 Å². The van der Waals surface area contributed by atoms with E-state index < -0.39 is 30.4 Å². The average Bonchev–Trinajstić information content (AvgIpc) is 2.77. The van der Waals surface area contributed by atoms with E-state index in [4.69, 9.17) is 21.1 Å². The van der Waals surface area contributed by atoms with E-state index in [0.29, 0.717) is 30.0 Å². The Kier molecular flexibility index (Phi) is 8.11. The van der Waals surface area contributed by atoms with Crippen LogP contribution in [-0.4, -0.2) is 37.0 Å². The number of fused-ring (bicyclic) bond motifs is 1. The minimum absolute atomic E-state index is 0.130. The Morgan fingerprint density at radius 3 is 2.56 bits per heavy atom. The molecule has 170 valence electrons. The number of para-hydroxylation sites is 1. The molecular weight excluding hydrogens is 432 g/mol. The van der Waals surface area contributed by atoms with Gasteiger partial charge in [-0.2, -0.15) is 0 Å². The number of halogens is 1. The second kappa shape index (κ2) is 11.0. The van der Waals surface area contributed by atoms with Gasteiger partial charge in [-0.3, -0.25) is 9.59 Å². The van der Waals surface area contributed by atoms with Crippen molar-refractivity contribution in [3.05, 3.63) is 64.7 Å². The maximum absolute atomic E-state index is 12.6. The first kappa shape index (κ1) is 23.6. The summed E-state index contributed by atoms with van der Waals surface area (Å²) in [6.45, 7) is 3.94. The quantitative estimate of drug-likeness (QED) is 0.589. The monoisotopic (exact) mass is 458 g/mol. The van der Waals surface area contributed by atoms with Crippen molar-refractivity contribution in [3.8, 4) is 5.75 Å². The van der Waals surface area contributed by atoms with Gasteiger partial charge < -0.3 is 20.1 Å². The molecule has 0 bridgehead atoms. The zero-order chi connectivity index (χ0) is 23.1. The first-order valence-corrected chi connectivity index (χ1v) is 11.0. The lowest BCUT2D eigenvalue weighted by Crippen LogP contribution is -2.44. The van der Waals surface area contributed by atoms with E-state index in [0.717, 1.165) is 11.3 Å². The third kappa shape index (κ3) is 6.47. The molecule has 7 nitrogen and oxygen atoms in total. The Morgan fingerprint density at radius 1 is 1.12 bits per heavy atom. The van der Waals surface area contributed by atoms with Crippen molar-refractivity contribution in [3.63, 3.8) is 0 Å². The Hall–Kier alpha value is -3.06. The predicted molar refractivity (Wildman–Crippen MR) is 121 cm³/mol. The van der Waals surface area contributed by atoms with Gasteiger partial charge in [0, 0.05) is 22.6 Å². The van der Waals surface area contributed by atoms with Gasteiger partial charge in [-0.15, -0.1) is 0 Å². The SMILES string of the molecule is CC(C)CC(NC(=O)c1ccc(Cl)cc1)C(=O)OCC(=O)NC1CCOc2ccccc21. The van der Waals surface area contributed by atoms with Crippen LogP contribution >= 0.6 is 11.6 Å². The van der Waals surface area contributed by atoms with Gasteiger partial charge in [0.25, 0.3) is 11.8 Å². The molecule has 0 fully saturated rings. The van der Waals surface area contributed by atoms with Crippen molar-refractivity contribution in [1.82, 2.24) is 10.6 Å². The molecule has 0 saturated heterocycles. The van der Waals surface area contributed by atoms with Gasteiger partial charge in [-0.1, -0.05) is 43.6 Å². The lowest BCUT2D eigenvalue weighted by atomic mass is 10.0. The average molecular weight is 459 g/mol. The van der Waals surface area contributed by atoms with Crippen LogP contribution in [0.2, 0.25) is 5.02 Å². The molecule has 0 aliphatic carbocycles. The highest BCUT2D eigenvalue weighted by Crippen LogP contribution is 2.31. The third-order valence-corrected chi connectivity index (χ3v) is 5.29. The fourth-order valence-electron chi connectivity index (χ4n) is 3.49. The number of hydrogen-bond acceptors (Lipinski definition) is 5. The molecule has 32 heavy (non-hydrogen) atoms. The second-order valence-corrected chi connectivity index (χ2v) is 8.50. The molecular formula is C24H27ClN2O5. The Morgan fingerprint density at radius 2 is 1.84 bits per heavy atom. The summed E-state index contributed by atoms with van der Waals surface area (Å²) in [6.07, 6.45) is 1.01. The molecule has 0 aromatic heterocycles. The summed E-state index contributed by atoms with van der Waals surface area (Å²) in [5.41, 5.74) is 1.28. The highest BCUT2D eigenvalue weighted by molar-refractivity contribution is 6.30. The van der Waals surface area contributed by atoms with Crippen molar-refractivity contribution >= 4 is 29.4 Å². The maximum atomic E-state index is 12.6. The molecule has 0 spiro atoms. The summed E-state index contributed by atoms with van der Waals surface area (Å²) in [4.78, 5) is 37.6. The van der Waals surface area contributed by atoms with E-state index in [1.807, 2.05) is 38.1 Å². The van der Waals surface area contributed by atoms with Gasteiger partial charge in [0.15, 0.2) is 6.61 Å². The van der Waals surface area contributed by atoms with Crippen molar-refractivity contribution in [2.24, 2.45) is 5.92 Å². The van der Waals surface area contributed by atoms with Crippen molar-refractivity contribution in [1.29, 1.82) is 0 Å². The van der Waals surface area contributed by atoms with Gasteiger partial charge >= 0.3 is 5.97 Å². The summed E-state index contributed by atoms with van der Waals surface area (Å²) in [5.74, 6) is -0.600. The first-order chi connectivity index (χ1) is 15.3. The molecule has 0 radical (unpaired) electrons. The molecule has 2 atom stereocenters. The van der Waals surface area contributed by atoms with Gasteiger partial charge in [0.2, 0.25) is 0 Å². The number of amides is 2. The topological polar surface area (TPSA) is 93.7 Å². The summed E-state index contributed by atoms with van der Waals surface area (Å²) in [6, 6.07) is 12.8. The highest BCUT2D eigenvalue weighted by atomic mass is 35.5. The standard InChI is InChI=1S/C24H27ClN2O5/c1-15(2)13-20(27-23(29)16-7-9-17(25)10-8-16)24(30)32-14-22(28)26-19-11-12-31-21-6-4-3-5-18(19)21/h3-10,15,19-20H,11-14H2,1-2H3,(H,26,28)(H,27,29). The number of carbonyl (C=O) groups excluding carboxylic acids is 3. The van der Waals surface area contributed by atoms with Crippen LogP contribution in [0.1, 0.15) is 48.7 Å². The van der Waals surface area contributed by atoms with E-state index in [1.165, 1.54) is 0 Å². The zero-order valence-corrected chi connectivity index (χ0v) is 18.9. The predicted octanol–water partition coefficient (Wildman–Crippen LogP) is 3.67. The minimum atomic E-state index is -0.866. The second-order valence-electron chi connectivity index (χ2n) is 8.07. The molecule has 3 rings (SSSR count). The smallest absolute Gasteiger partial charge is 0.329 e. The molecule has 2 N–H and O–H groups in total. The molecule has 1 aliphatic rings. The van der Waals surface area contributed by atoms with E-state index in [-0.39, 0.29) is 12.0 Å². The Labute approximate surface area is 192 Å². The van der Waals surface area contributed by atoms with Crippen molar-refractivity contribution < 1.29 is 23.9 Å². The zero-order valence-electron chi connectivity index (χ0n) is 18.1. The Bertz CT molecular complexity index is 961. The van der Waals surface area contributed by atoms with Crippen LogP contribution < -0.4 is 15.4 Å². The van der Waals surface area contributed by atoms with Crippen LogP contribution in [0.15, 0.2) is 48.5 Å². The summed E-state index contributed by atoms with van der Waals surface area (Å²) < 4.78 is 10.8. The molecule has 1 heterocycles. The highest BCUT2D eigenvalue weighted by Gasteiger charge is 2.26. The van der Waals surface area contributed by atoms with Crippen LogP contribution in [0, 0.1) is 5.92 Å². The maximum Gasteiger partial charge on any atom is 0.329 e. The number of hydrogen-bond donors (Lipinski definition) is 2. The molecule has 2 amide bonds. The molecule has 2 aromatic carbocycles. The number of carbonyl (C=O) groups is 3. The molecule has 0 saturated carbocycles. The fourth-order valence-corrected chi connectivity index (χ4v) is 3.62. The number of ether oxygens (including phenoxy) is 2. The van der Waals surface area contributed by atoms with Gasteiger partial charge in [0.05, 0.1) is 12.6 Å². The summed E-state index contributed by atoms with van der Waals surface area (Å²) in [7, 11) is 0. The normalized spacial score (nSPS) is 15.8. The van der Waals surface area contributed by atoms with Crippen LogP contribution in [0.5, 0.6) is 5.75 Å². The third-order valence-electron chi connectivity index (χ3n) is 5.04. The summed E-state index contributed by atoms with van der Waals surface area (Å²) >= 11 is 5.86. The largest absolute Gasteiger partial charge is 0.493 e. The van der Waals surface area contributed by atoms with Gasteiger partial charge in [-0.25, -0.2) is 4.79 Å². The Balaban J connectivity index is 1.56. The molecule has 2 unspecified atom stereocenters. The van der Waals surface area contributed by atoms with Crippen LogP contribution in [-0.2, 0) is 14.3 Å². The van der Waals surface area contributed by atoms with Crippen LogP contribution in [0.4, 0.5) is 0 Å². The van der Waals surface area contributed by atoms with Crippen molar-refractivity contribution in [2.75, 3.05) is 13.2 Å². The lowest BCUT2D eigenvalue weighted by Gasteiger charge is -2.26. The van der Waals surface area contributed by atoms with E-state index >= 15 is 0 Å². The van der Waals surface area contributed by atoms with E-state index in [9.17, 15) is 14.4 Å². The lowest BCUT2D eigenvalue weighted by molar-refractivity contribution is -0.151. The van der Waals surface area contributed by atoms with Gasteiger partial charge in [0.1, 0.15) is 11.8 Å². The number of nitrogens with one attached hydrogen (secondary N) is 2. The fraction of sp³-hybridized carbons (Fsp3) is 0.375. The number of esters is 1. The number of benzene rings is 2. The molecule has 1 aliphatic heterocycles. The molecule has 8 heteroatoms. The minimum Gasteiger partial charge on any atom is -0.493 e.